The van der Waals surface area contributed by atoms with Crippen LogP contribution in [-0.4, -0.2) is 12.2 Å². The van der Waals surface area contributed by atoms with Crippen LogP contribution in [0.1, 0.15) is 24.2 Å². The molecule has 0 aromatic heterocycles. The van der Waals surface area contributed by atoms with Crippen molar-refractivity contribution in [3.8, 4) is 0 Å². The van der Waals surface area contributed by atoms with Gasteiger partial charge in [0.15, 0.2) is 0 Å². The summed E-state index contributed by atoms with van der Waals surface area (Å²) in [4.78, 5) is 2.16. The first-order valence-corrected chi connectivity index (χ1v) is 7.10. The highest BCUT2D eigenvalue weighted by Crippen LogP contribution is 2.26. The third kappa shape index (κ3) is 3.58. The zero-order valence-electron chi connectivity index (χ0n) is 11.2. The number of hydrogen-bond donors (Lipinski definition) is 1. The number of anilines is 1. The minimum Gasteiger partial charge on any atom is -0.389 e. The van der Waals surface area contributed by atoms with Gasteiger partial charge in [0.2, 0.25) is 0 Å². The summed E-state index contributed by atoms with van der Waals surface area (Å²) in [6.45, 7) is 2.61. The van der Waals surface area contributed by atoms with Gasteiger partial charge in [-0.15, -0.1) is 0 Å². The van der Waals surface area contributed by atoms with E-state index in [4.69, 9.17) is 0 Å². The van der Waals surface area contributed by atoms with E-state index in [9.17, 15) is 5.11 Å². The van der Waals surface area contributed by atoms with Crippen molar-refractivity contribution in [1.29, 1.82) is 0 Å². The highest BCUT2D eigenvalue weighted by molar-refractivity contribution is 9.10. The van der Waals surface area contributed by atoms with Crippen LogP contribution in [0.25, 0.3) is 0 Å². The molecule has 0 radical (unpaired) electrons. The molecule has 1 atom stereocenters. The lowest BCUT2D eigenvalue weighted by atomic mass is 10.1. The van der Waals surface area contributed by atoms with E-state index in [0.29, 0.717) is 0 Å². The van der Waals surface area contributed by atoms with Gasteiger partial charge in [-0.1, -0.05) is 46.3 Å². The molecule has 0 aliphatic heterocycles. The van der Waals surface area contributed by atoms with Crippen LogP contribution in [-0.2, 0) is 6.54 Å². The van der Waals surface area contributed by atoms with Gasteiger partial charge in [0.25, 0.3) is 0 Å². The fraction of sp³-hybridized carbons (Fsp3) is 0.250. The zero-order valence-corrected chi connectivity index (χ0v) is 12.8. The lowest BCUT2D eigenvalue weighted by molar-refractivity contribution is 0.199. The van der Waals surface area contributed by atoms with Crippen LogP contribution >= 0.6 is 15.9 Å². The van der Waals surface area contributed by atoms with Crippen LogP contribution in [0, 0.1) is 0 Å². The Morgan fingerprint density at radius 3 is 2.37 bits per heavy atom. The summed E-state index contributed by atoms with van der Waals surface area (Å²) >= 11 is 3.44. The lowest BCUT2D eigenvalue weighted by Crippen LogP contribution is -2.18. The summed E-state index contributed by atoms with van der Waals surface area (Å²) in [5, 5.41) is 9.82. The van der Waals surface area contributed by atoms with Gasteiger partial charge in [-0.25, -0.2) is 0 Å². The molecule has 0 fully saturated rings. The van der Waals surface area contributed by atoms with Crippen LogP contribution in [0.3, 0.4) is 0 Å². The van der Waals surface area contributed by atoms with Crippen molar-refractivity contribution in [2.45, 2.75) is 19.6 Å². The van der Waals surface area contributed by atoms with E-state index in [-0.39, 0.29) is 0 Å². The molecule has 2 aromatic carbocycles. The Morgan fingerprint density at radius 1 is 1.11 bits per heavy atom. The van der Waals surface area contributed by atoms with Crippen molar-refractivity contribution in [1.82, 2.24) is 0 Å². The molecule has 3 heteroatoms. The van der Waals surface area contributed by atoms with E-state index in [1.807, 2.05) is 43.4 Å². The molecule has 1 unspecified atom stereocenters. The van der Waals surface area contributed by atoms with Crippen LogP contribution in [0.2, 0.25) is 0 Å². The number of aliphatic hydroxyl groups excluding tert-OH is 1. The summed E-state index contributed by atoms with van der Waals surface area (Å²) < 4.78 is 1.09. The number of rotatable bonds is 4. The molecule has 2 rings (SSSR count). The van der Waals surface area contributed by atoms with Gasteiger partial charge in [0.1, 0.15) is 0 Å². The maximum atomic E-state index is 9.82. The molecule has 100 valence electrons. The van der Waals surface area contributed by atoms with Crippen LogP contribution in [0.15, 0.2) is 53.0 Å². The van der Waals surface area contributed by atoms with Crippen molar-refractivity contribution in [3.63, 3.8) is 0 Å². The van der Waals surface area contributed by atoms with E-state index in [1.165, 1.54) is 5.56 Å². The smallest absolute Gasteiger partial charge is 0.0781 e. The van der Waals surface area contributed by atoms with Gasteiger partial charge in [-0.3, -0.25) is 0 Å². The molecule has 0 saturated heterocycles. The molecular weight excluding hydrogens is 302 g/mol. The first-order valence-electron chi connectivity index (χ1n) is 6.30. The average molecular weight is 320 g/mol. The standard InChI is InChI=1S/C16H18BrNO/c1-12(19)15-5-3-4-6-16(15)18(2)11-13-7-9-14(17)10-8-13/h3-10,12,19H,11H2,1-2H3. The normalized spacial score (nSPS) is 12.2. The van der Waals surface area contributed by atoms with Crippen molar-refractivity contribution in [2.75, 3.05) is 11.9 Å². The summed E-state index contributed by atoms with van der Waals surface area (Å²) in [6.07, 6.45) is -0.455. The minimum absolute atomic E-state index is 0.455. The van der Waals surface area contributed by atoms with E-state index in [2.05, 4.69) is 33.0 Å². The molecule has 0 saturated carbocycles. The maximum absolute atomic E-state index is 9.82. The SMILES string of the molecule is CC(O)c1ccccc1N(C)Cc1ccc(Br)cc1. The molecule has 0 aliphatic carbocycles. The predicted molar refractivity (Wildman–Crippen MR) is 83.3 cm³/mol. The molecule has 0 bridgehead atoms. The summed E-state index contributed by atoms with van der Waals surface area (Å²) in [7, 11) is 2.04. The fourth-order valence-corrected chi connectivity index (χ4v) is 2.40. The Bertz CT molecular complexity index is 537. The average Bonchev–Trinajstić information content (AvgIpc) is 2.41. The lowest BCUT2D eigenvalue weighted by Gasteiger charge is -2.23. The third-order valence-corrected chi connectivity index (χ3v) is 3.66. The van der Waals surface area contributed by atoms with Crippen LogP contribution in [0.4, 0.5) is 5.69 Å². The van der Waals surface area contributed by atoms with Crippen molar-refractivity contribution < 1.29 is 5.11 Å². The van der Waals surface area contributed by atoms with Crippen molar-refractivity contribution in [2.24, 2.45) is 0 Å². The topological polar surface area (TPSA) is 23.5 Å². The zero-order chi connectivity index (χ0) is 13.8. The molecule has 0 aliphatic rings. The number of nitrogens with zero attached hydrogens (tertiary/aromatic N) is 1. The van der Waals surface area contributed by atoms with Gasteiger partial charge in [0.05, 0.1) is 6.10 Å². The second-order valence-electron chi connectivity index (χ2n) is 4.72. The first kappa shape index (κ1) is 14.1. The van der Waals surface area contributed by atoms with E-state index >= 15 is 0 Å². The van der Waals surface area contributed by atoms with Crippen molar-refractivity contribution >= 4 is 21.6 Å². The van der Waals surface area contributed by atoms with Gasteiger partial charge < -0.3 is 10.0 Å². The Balaban J connectivity index is 2.20. The fourth-order valence-electron chi connectivity index (χ4n) is 2.14. The summed E-state index contributed by atoms with van der Waals surface area (Å²) in [6, 6.07) is 16.3. The van der Waals surface area contributed by atoms with Gasteiger partial charge in [-0.2, -0.15) is 0 Å². The number of hydrogen-bond acceptors (Lipinski definition) is 2. The first-order chi connectivity index (χ1) is 9.08. The number of benzene rings is 2. The number of halogens is 1. The summed E-state index contributed by atoms with van der Waals surface area (Å²) in [5.41, 5.74) is 3.27. The van der Waals surface area contributed by atoms with Gasteiger partial charge in [-0.05, 0) is 30.7 Å². The van der Waals surface area contributed by atoms with Crippen LogP contribution < -0.4 is 4.90 Å². The molecule has 0 spiro atoms. The molecule has 2 nitrogen and oxygen atoms in total. The Morgan fingerprint density at radius 2 is 1.74 bits per heavy atom. The summed E-state index contributed by atoms with van der Waals surface area (Å²) in [5.74, 6) is 0. The molecule has 2 aromatic rings. The number of para-hydroxylation sites is 1. The third-order valence-electron chi connectivity index (χ3n) is 3.13. The van der Waals surface area contributed by atoms with E-state index < -0.39 is 6.10 Å². The molecule has 0 amide bonds. The monoisotopic (exact) mass is 319 g/mol. The Hall–Kier alpha value is -1.32. The highest BCUT2D eigenvalue weighted by Gasteiger charge is 2.11. The van der Waals surface area contributed by atoms with Crippen molar-refractivity contribution in [3.05, 3.63) is 64.1 Å². The van der Waals surface area contributed by atoms with Gasteiger partial charge >= 0.3 is 0 Å². The van der Waals surface area contributed by atoms with E-state index in [1.54, 1.807) is 6.92 Å². The molecule has 0 heterocycles. The Labute approximate surface area is 122 Å². The second-order valence-corrected chi connectivity index (χ2v) is 5.63. The highest BCUT2D eigenvalue weighted by atomic mass is 79.9. The predicted octanol–water partition coefficient (Wildman–Crippen LogP) is 4.14. The minimum atomic E-state index is -0.455. The molecular formula is C16H18BrNO. The largest absolute Gasteiger partial charge is 0.389 e. The quantitative estimate of drug-likeness (QED) is 0.915. The Kier molecular flexibility index (Phi) is 4.61. The number of aliphatic hydroxyl groups is 1. The molecule has 1 N–H and O–H groups in total. The second kappa shape index (κ2) is 6.22. The molecule has 19 heavy (non-hydrogen) atoms. The maximum Gasteiger partial charge on any atom is 0.0781 e. The van der Waals surface area contributed by atoms with Crippen LogP contribution in [0.5, 0.6) is 0 Å². The van der Waals surface area contributed by atoms with E-state index in [0.717, 1.165) is 22.3 Å². The van der Waals surface area contributed by atoms with Gasteiger partial charge in [0, 0.05) is 29.3 Å².